The minimum atomic E-state index is -4.52. The molecule has 1 aromatic carbocycles. The van der Waals surface area contributed by atoms with E-state index in [1.54, 1.807) is 0 Å². The van der Waals surface area contributed by atoms with Gasteiger partial charge in [0, 0.05) is 5.02 Å². The third-order valence-corrected chi connectivity index (χ3v) is 2.72. The van der Waals surface area contributed by atoms with E-state index >= 15 is 0 Å². The van der Waals surface area contributed by atoms with Gasteiger partial charge in [-0.2, -0.15) is 8.42 Å². The third-order valence-electron chi connectivity index (χ3n) is 1.16. The van der Waals surface area contributed by atoms with E-state index in [4.69, 9.17) is 23.2 Å². The van der Waals surface area contributed by atoms with Crippen LogP contribution in [-0.4, -0.2) is 8.42 Å². The first-order valence-corrected chi connectivity index (χ1v) is 4.98. The fraction of sp³-hybridized carbons (Fsp3) is 0. The second kappa shape index (κ2) is 3.22. The number of hydrogen-bond acceptors (Lipinski definition) is 2. The molecule has 1 radical (unpaired) electrons. The van der Waals surface area contributed by atoms with Gasteiger partial charge in [0.2, 0.25) is 0 Å². The number of rotatable bonds is 1. The van der Waals surface area contributed by atoms with Crippen LogP contribution in [0.1, 0.15) is 0 Å². The Morgan fingerprint density at radius 2 is 1.75 bits per heavy atom. The molecule has 1 aromatic rings. The van der Waals surface area contributed by atoms with Gasteiger partial charge in [0.15, 0.2) is 0 Å². The van der Waals surface area contributed by atoms with Crippen molar-refractivity contribution in [2.24, 2.45) is 0 Å². The van der Waals surface area contributed by atoms with Crippen molar-refractivity contribution in [2.45, 2.75) is 4.90 Å². The van der Waals surface area contributed by atoms with E-state index in [9.17, 15) is 13.0 Å². The van der Waals surface area contributed by atoms with Gasteiger partial charge in [-0.25, -0.2) is 0 Å². The highest BCUT2D eigenvalue weighted by atomic mass is 35.5. The van der Waals surface area contributed by atoms with E-state index in [0.717, 1.165) is 6.07 Å². The van der Waals surface area contributed by atoms with Crippen molar-refractivity contribution >= 4 is 33.3 Å². The average Bonchev–Trinajstić information content (AvgIpc) is 1.92. The quantitative estimate of drug-likeness (QED) is 0.736. The van der Waals surface area contributed by atoms with E-state index in [-0.39, 0.29) is 10.0 Å². The van der Waals surface area contributed by atoms with Crippen LogP contribution >= 0.6 is 23.2 Å². The molecule has 0 heterocycles. The fourth-order valence-electron chi connectivity index (χ4n) is 0.669. The molecule has 12 heavy (non-hydrogen) atoms. The standard InChI is InChI=1S/C6H3Cl2O3S/c7-4-1-2-5(8)6(3-4)12(9,10)11/h1-3H. The third kappa shape index (κ3) is 2.10. The fourth-order valence-corrected chi connectivity index (χ4v) is 1.88. The normalized spacial score (nSPS) is 11.6. The van der Waals surface area contributed by atoms with Gasteiger partial charge >= 0.3 is 10.1 Å². The molecule has 0 atom stereocenters. The second-order valence-electron chi connectivity index (χ2n) is 2.03. The van der Waals surface area contributed by atoms with Gasteiger partial charge in [0.05, 0.1) is 5.02 Å². The zero-order valence-corrected chi connectivity index (χ0v) is 7.95. The van der Waals surface area contributed by atoms with Gasteiger partial charge < -0.3 is 0 Å². The van der Waals surface area contributed by atoms with Gasteiger partial charge in [-0.1, -0.05) is 27.8 Å². The average molecular weight is 226 g/mol. The Morgan fingerprint density at radius 1 is 1.17 bits per heavy atom. The van der Waals surface area contributed by atoms with Crippen molar-refractivity contribution in [3.8, 4) is 0 Å². The predicted octanol–water partition coefficient (Wildman–Crippen LogP) is 2.11. The summed E-state index contributed by atoms with van der Waals surface area (Å²) in [6, 6.07) is 3.68. The maximum atomic E-state index is 10.5. The molecule has 0 saturated heterocycles. The largest absolute Gasteiger partial charge is 0.325 e. The summed E-state index contributed by atoms with van der Waals surface area (Å²) in [4.78, 5) is -0.489. The molecule has 65 valence electrons. The summed E-state index contributed by atoms with van der Waals surface area (Å²) in [7, 11) is -4.52. The summed E-state index contributed by atoms with van der Waals surface area (Å²) < 4.78 is 31.5. The molecular weight excluding hydrogens is 223 g/mol. The lowest BCUT2D eigenvalue weighted by atomic mass is 10.4. The van der Waals surface area contributed by atoms with Crippen LogP contribution in [0.3, 0.4) is 0 Å². The molecule has 0 aliphatic carbocycles. The molecule has 1 rings (SSSR count). The van der Waals surface area contributed by atoms with E-state index in [1.165, 1.54) is 12.1 Å². The van der Waals surface area contributed by atoms with Crippen molar-refractivity contribution < 1.29 is 13.0 Å². The minimum absolute atomic E-state index is 0.116. The van der Waals surface area contributed by atoms with Crippen LogP contribution in [0.15, 0.2) is 23.1 Å². The minimum Gasteiger partial charge on any atom is -0.191 e. The van der Waals surface area contributed by atoms with Crippen LogP contribution in [-0.2, 0) is 14.7 Å². The Kier molecular flexibility index (Phi) is 2.63. The number of benzene rings is 1. The summed E-state index contributed by atoms with van der Waals surface area (Å²) >= 11 is 10.9. The first-order chi connectivity index (χ1) is 5.41. The predicted molar refractivity (Wildman–Crippen MR) is 44.3 cm³/mol. The van der Waals surface area contributed by atoms with E-state index in [1.807, 2.05) is 0 Å². The Balaban J connectivity index is 3.43. The molecule has 0 N–H and O–H groups in total. The molecule has 0 amide bonds. The molecule has 0 spiro atoms. The highest BCUT2D eigenvalue weighted by Gasteiger charge is 2.16. The van der Waals surface area contributed by atoms with Crippen molar-refractivity contribution in [3.05, 3.63) is 28.2 Å². The van der Waals surface area contributed by atoms with Gasteiger partial charge in [-0.15, -0.1) is 0 Å². The van der Waals surface area contributed by atoms with Crippen molar-refractivity contribution in [1.29, 1.82) is 0 Å². The molecule has 0 bridgehead atoms. The SMILES string of the molecule is [O]S(=O)(=O)c1cc(Cl)ccc1Cl. The zero-order chi connectivity index (χ0) is 9.35. The molecule has 0 saturated carbocycles. The Hall–Kier alpha value is -0.290. The van der Waals surface area contributed by atoms with Crippen LogP contribution in [0.5, 0.6) is 0 Å². The van der Waals surface area contributed by atoms with Crippen molar-refractivity contribution in [3.63, 3.8) is 0 Å². The Morgan fingerprint density at radius 3 is 2.17 bits per heavy atom. The maximum Gasteiger partial charge on any atom is 0.325 e. The smallest absolute Gasteiger partial charge is 0.191 e. The molecule has 6 heteroatoms. The Labute approximate surface area is 79.7 Å². The van der Waals surface area contributed by atoms with Gasteiger partial charge in [0.1, 0.15) is 4.90 Å². The van der Waals surface area contributed by atoms with Gasteiger partial charge in [-0.3, -0.25) is 0 Å². The summed E-state index contributed by atoms with van der Waals surface area (Å²) in [5.41, 5.74) is 0. The van der Waals surface area contributed by atoms with Gasteiger partial charge in [-0.05, 0) is 18.2 Å². The second-order valence-corrected chi connectivity index (χ2v) is 4.22. The highest BCUT2D eigenvalue weighted by Crippen LogP contribution is 2.24. The maximum absolute atomic E-state index is 10.5. The van der Waals surface area contributed by atoms with Crippen LogP contribution in [0, 0.1) is 0 Å². The first-order valence-electron chi connectivity index (χ1n) is 2.82. The monoisotopic (exact) mass is 225 g/mol. The van der Waals surface area contributed by atoms with Crippen molar-refractivity contribution in [2.75, 3.05) is 0 Å². The van der Waals surface area contributed by atoms with Crippen LogP contribution in [0.2, 0.25) is 10.0 Å². The lowest BCUT2D eigenvalue weighted by Crippen LogP contribution is -1.96. The van der Waals surface area contributed by atoms with Gasteiger partial charge in [0.25, 0.3) is 0 Å². The molecule has 0 aliphatic heterocycles. The molecule has 0 aromatic heterocycles. The molecule has 3 nitrogen and oxygen atoms in total. The highest BCUT2D eigenvalue weighted by molar-refractivity contribution is 7.85. The van der Waals surface area contributed by atoms with E-state index < -0.39 is 15.0 Å². The van der Waals surface area contributed by atoms with Crippen LogP contribution < -0.4 is 0 Å². The van der Waals surface area contributed by atoms with E-state index in [0.29, 0.717) is 0 Å². The summed E-state index contributed by atoms with van der Waals surface area (Å²) in [6.07, 6.45) is 0. The molecule has 0 fully saturated rings. The lowest BCUT2D eigenvalue weighted by Gasteiger charge is -1.98. The Bertz CT molecular complexity index is 399. The topological polar surface area (TPSA) is 54.0 Å². The lowest BCUT2D eigenvalue weighted by molar-refractivity contribution is 0.414. The number of halogens is 2. The zero-order valence-electron chi connectivity index (χ0n) is 5.62. The van der Waals surface area contributed by atoms with Crippen LogP contribution in [0.4, 0.5) is 0 Å². The molecular formula is C6H3Cl2O3S. The molecule has 0 unspecified atom stereocenters. The summed E-state index contributed by atoms with van der Waals surface area (Å²) in [5.74, 6) is 0. The van der Waals surface area contributed by atoms with Crippen molar-refractivity contribution in [1.82, 2.24) is 0 Å². The number of hydrogen-bond donors (Lipinski definition) is 0. The van der Waals surface area contributed by atoms with Crippen LogP contribution in [0.25, 0.3) is 0 Å². The summed E-state index contributed by atoms with van der Waals surface area (Å²) in [5, 5.41) is 0.0447. The van der Waals surface area contributed by atoms with E-state index in [2.05, 4.69) is 0 Å². The first kappa shape index (κ1) is 9.80. The summed E-state index contributed by atoms with van der Waals surface area (Å²) in [6.45, 7) is 0. The molecule has 0 aliphatic rings.